The van der Waals surface area contributed by atoms with Crippen molar-refractivity contribution in [3.05, 3.63) is 34.3 Å². The highest BCUT2D eigenvalue weighted by molar-refractivity contribution is 9.10. The van der Waals surface area contributed by atoms with Crippen molar-refractivity contribution < 1.29 is 19.5 Å². The number of amides is 1. The van der Waals surface area contributed by atoms with Crippen LogP contribution in [0.15, 0.2) is 28.7 Å². The van der Waals surface area contributed by atoms with Crippen molar-refractivity contribution in [2.45, 2.75) is 18.9 Å². The number of hydrogen-bond donors (Lipinski definition) is 1. The molecular weight excluding hydrogens is 314 g/mol. The summed E-state index contributed by atoms with van der Waals surface area (Å²) >= 11 is 3.27. The summed E-state index contributed by atoms with van der Waals surface area (Å²) in [7, 11) is 0. The van der Waals surface area contributed by atoms with Crippen LogP contribution in [-0.2, 0) is 9.59 Å². The number of ketones is 1. The highest BCUT2D eigenvalue weighted by Crippen LogP contribution is 2.22. The molecule has 1 amide bonds. The molecule has 2 rings (SSSR count). The van der Waals surface area contributed by atoms with E-state index in [0.29, 0.717) is 10.0 Å². The van der Waals surface area contributed by atoms with Crippen LogP contribution in [0.3, 0.4) is 0 Å². The number of rotatable bonds is 2. The Labute approximate surface area is 118 Å². The molecule has 6 heteroatoms. The molecule has 1 fully saturated rings. The van der Waals surface area contributed by atoms with Gasteiger partial charge in [0.2, 0.25) is 0 Å². The fourth-order valence-electron chi connectivity index (χ4n) is 2.08. The molecule has 1 aliphatic heterocycles. The second-order valence-electron chi connectivity index (χ2n) is 4.33. The van der Waals surface area contributed by atoms with Crippen LogP contribution < -0.4 is 0 Å². The molecule has 1 saturated heterocycles. The number of carbonyl (C=O) groups is 3. The van der Waals surface area contributed by atoms with Gasteiger partial charge in [0.25, 0.3) is 5.91 Å². The lowest BCUT2D eigenvalue weighted by Gasteiger charge is -2.32. The van der Waals surface area contributed by atoms with Gasteiger partial charge in [-0.3, -0.25) is 9.59 Å². The Balaban J connectivity index is 2.29. The highest BCUT2D eigenvalue weighted by atomic mass is 79.9. The van der Waals surface area contributed by atoms with E-state index < -0.39 is 12.0 Å². The molecule has 1 aliphatic rings. The summed E-state index contributed by atoms with van der Waals surface area (Å²) in [5.74, 6) is -1.63. The van der Waals surface area contributed by atoms with Gasteiger partial charge in [-0.15, -0.1) is 0 Å². The summed E-state index contributed by atoms with van der Waals surface area (Å²) in [4.78, 5) is 36.1. The van der Waals surface area contributed by atoms with E-state index in [1.807, 2.05) is 0 Å². The average Bonchev–Trinajstić information content (AvgIpc) is 2.38. The van der Waals surface area contributed by atoms with Crippen LogP contribution in [0, 0.1) is 0 Å². The number of Topliss-reactive ketones (excluding diaryl/α,β-unsaturated/α-hetero) is 1. The van der Waals surface area contributed by atoms with E-state index in [4.69, 9.17) is 5.11 Å². The molecule has 0 bridgehead atoms. The van der Waals surface area contributed by atoms with Gasteiger partial charge in [0.1, 0.15) is 11.8 Å². The first kappa shape index (κ1) is 13.7. The minimum Gasteiger partial charge on any atom is -0.480 e. The third-order valence-corrected chi connectivity index (χ3v) is 3.77. The maximum absolute atomic E-state index is 12.4. The minimum absolute atomic E-state index is 0.120. The molecule has 1 unspecified atom stereocenters. The highest BCUT2D eigenvalue weighted by Gasteiger charge is 2.36. The third-order valence-electron chi connectivity index (χ3n) is 3.08. The molecule has 1 aromatic carbocycles. The van der Waals surface area contributed by atoms with Gasteiger partial charge in [-0.1, -0.05) is 12.1 Å². The number of piperidine rings is 1. The predicted octanol–water partition coefficient (Wildman–Crippen LogP) is 1.71. The van der Waals surface area contributed by atoms with Crippen molar-refractivity contribution >= 4 is 33.6 Å². The normalized spacial score (nSPS) is 19.3. The van der Waals surface area contributed by atoms with Gasteiger partial charge in [-0.05, 0) is 28.1 Å². The van der Waals surface area contributed by atoms with Crippen molar-refractivity contribution in [2.75, 3.05) is 6.54 Å². The van der Waals surface area contributed by atoms with Gasteiger partial charge in [0.05, 0.1) is 5.56 Å². The molecule has 0 aromatic heterocycles. The van der Waals surface area contributed by atoms with Crippen LogP contribution in [0.1, 0.15) is 23.2 Å². The van der Waals surface area contributed by atoms with Crippen LogP contribution in [0.4, 0.5) is 0 Å². The molecule has 100 valence electrons. The number of carbonyl (C=O) groups excluding carboxylic acids is 2. The summed E-state index contributed by atoms with van der Waals surface area (Å²) in [6, 6.07) is 5.76. The molecule has 0 spiro atoms. The summed E-state index contributed by atoms with van der Waals surface area (Å²) in [6.07, 6.45) is 0.0888. The van der Waals surface area contributed by atoms with Crippen molar-refractivity contribution in [1.29, 1.82) is 0 Å². The van der Waals surface area contributed by atoms with E-state index in [9.17, 15) is 14.4 Å². The molecule has 1 N–H and O–H groups in total. The Hall–Kier alpha value is -1.69. The lowest BCUT2D eigenvalue weighted by atomic mass is 10.00. The fraction of sp³-hybridized carbons (Fsp3) is 0.308. The van der Waals surface area contributed by atoms with Gasteiger partial charge in [0.15, 0.2) is 0 Å². The van der Waals surface area contributed by atoms with E-state index in [1.54, 1.807) is 24.3 Å². The van der Waals surface area contributed by atoms with Gasteiger partial charge in [-0.2, -0.15) is 0 Å². The zero-order chi connectivity index (χ0) is 14.0. The maximum atomic E-state index is 12.4. The summed E-state index contributed by atoms with van der Waals surface area (Å²) in [5.41, 5.74) is 0.406. The largest absolute Gasteiger partial charge is 0.480 e. The SMILES string of the molecule is O=C1CCN(C(=O)c2ccccc2Br)C(C(=O)O)C1. The van der Waals surface area contributed by atoms with E-state index in [0.717, 1.165) is 0 Å². The first-order valence-electron chi connectivity index (χ1n) is 5.80. The van der Waals surface area contributed by atoms with E-state index >= 15 is 0 Å². The number of hydrogen-bond acceptors (Lipinski definition) is 3. The Morgan fingerprint density at radius 3 is 2.63 bits per heavy atom. The maximum Gasteiger partial charge on any atom is 0.326 e. The topological polar surface area (TPSA) is 74.7 Å². The zero-order valence-electron chi connectivity index (χ0n) is 10.0. The standard InChI is InChI=1S/C13H12BrNO4/c14-10-4-2-1-3-9(10)12(17)15-6-5-8(16)7-11(15)13(18)19/h1-4,11H,5-7H2,(H,18,19). The lowest BCUT2D eigenvalue weighted by Crippen LogP contribution is -2.50. The zero-order valence-corrected chi connectivity index (χ0v) is 11.6. The fourth-order valence-corrected chi connectivity index (χ4v) is 2.54. The minimum atomic E-state index is -1.14. The number of carboxylic acids is 1. The van der Waals surface area contributed by atoms with E-state index in [1.165, 1.54) is 4.90 Å². The van der Waals surface area contributed by atoms with Gasteiger partial charge >= 0.3 is 5.97 Å². The van der Waals surface area contributed by atoms with Crippen LogP contribution in [-0.4, -0.2) is 40.3 Å². The quantitative estimate of drug-likeness (QED) is 0.898. The van der Waals surface area contributed by atoms with Crippen LogP contribution in [0.5, 0.6) is 0 Å². The predicted molar refractivity (Wildman–Crippen MR) is 70.8 cm³/mol. The van der Waals surface area contributed by atoms with Crippen molar-refractivity contribution in [2.24, 2.45) is 0 Å². The number of benzene rings is 1. The summed E-state index contributed by atoms with van der Waals surface area (Å²) in [5, 5.41) is 9.13. The molecule has 19 heavy (non-hydrogen) atoms. The smallest absolute Gasteiger partial charge is 0.326 e. The van der Waals surface area contributed by atoms with Crippen LogP contribution in [0.2, 0.25) is 0 Å². The Bertz CT molecular complexity index is 543. The number of likely N-dealkylation sites (tertiary alicyclic amines) is 1. The van der Waals surface area contributed by atoms with Gasteiger partial charge in [-0.25, -0.2) is 4.79 Å². The van der Waals surface area contributed by atoms with Gasteiger partial charge < -0.3 is 10.0 Å². The summed E-state index contributed by atoms with van der Waals surface area (Å²) < 4.78 is 0.612. The molecule has 1 heterocycles. The number of aliphatic carboxylic acids is 1. The first-order chi connectivity index (χ1) is 9.00. The van der Waals surface area contributed by atoms with Gasteiger partial charge in [0, 0.05) is 23.9 Å². The molecule has 0 saturated carbocycles. The second-order valence-corrected chi connectivity index (χ2v) is 5.18. The first-order valence-corrected chi connectivity index (χ1v) is 6.60. The lowest BCUT2D eigenvalue weighted by molar-refractivity contribution is -0.146. The third kappa shape index (κ3) is 2.84. The molecule has 1 atom stereocenters. The molecular formula is C13H12BrNO4. The van der Waals surface area contributed by atoms with Crippen LogP contribution in [0.25, 0.3) is 0 Å². The number of nitrogens with zero attached hydrogens (tertiary/aromatic N) is 1. The molecule has 0 radical (unpaired) electrons. The molecule has 5 nitrogen and oxygen atoms in total. The summed E-state index contributed by atoms with van der Waals surface area (Å²) in [6.45, 7) is 0.149. The molecule has 0 aliphatic carbocycles. The molecule has 1 aromatic rings. The monoisotopic (exact) mass is 325 g/mol. The van der Waals surface area contributed by atoms with Crippen molar-refractivity contribution in [3.8, 4) is 0 Å². The number of halogens is 1. The Kier molecular flexibility index (Phi) is 3.99. The average molecular weight is 326 g/mol. The Morgan fingerprint density at radius 2 is 2.00 bits per heavy atom. The van der Waals surface area contributed by atoms with E-state index in [2.05, 4.69) is 15.9 Å². The van der Waals surface area contributed by atoms with Crippen molar-refractivity contribution in [1.82, 2.24) is 4.90 Å². The van der Waals surface area contributed by atoms with E-state index in [-0.39, 0.29) is 31.1 Å². The number of carboxylic acid groups (broad SMARTS) is 1. The Morgan fingerprint density at radius 1 is 1.32 bits per heavy atom. The second kappa shape index (κ2) is 5.52. The van der Waals surface area contributed by atoms with Crippen molar-refractivity contribution in [3.63, 3.8) is 0 Å². The van der Waals surface area contributed by atoms with Crippen LogP contribution >= 0.6 is 15.9 Å².